The first kappa shape index (κ1) is 10.6. The van der Waals surface area contributed by atoms with Crippen LogP contribution in [0.3, 0.4) is 0 Å². The summed E-state index contributed by atoms with van der Waals surface area (Å²) in [6, 6.07) is 7.52. The van der Waals surface area contributed by atoms with E-state index in [0.29, 0.717) is 5.02 Å². The maximum atomic E-state index is 5.89. The lowest BCUT2D eigenvalue weighted by molar-refractivity contribution is 0.790. The van der Waals surface area contributed by atoms with Gasteiger partial charge in [-0.1, -0.05) is 22.9 Å². The van der Waals surface area contributed by atoms with Crippen molar-refractivity contribution in [3.8, 4) is 5.69 Å². The Kier molecular flexibility index (Phi) is 3.27. The summed E-state index contributed by atoms with van der Waals surface area (Å²) >= 11 is 10.2. The van der Waals surface area contributed by atoms with E-state index in [1.165, 1.54) is 0 Å². The van der Waals surface area contributed by atoms with Crippen molar-refractivity contribution in [3.05, 3.63) is 36.7 Å². The lowest BCUT2D eigenvalue weighted by atomic mass is 10.3. The maximum Gasteiger partial charge on any atom is 0.157 e. The first-order valence-corrected chi connectivity index (χ1v) is 6.24. The molecule has 14 heavy (non-hydrogen) atoms. The molecule has 6 heteroatoms. The van der Waals surface area contributed by atoms with Gasteiger partial charge in [0.15, 0.2) is 3.70 Å². The van der Waals surface area contributed by atoms with Crippen molar-refractivity contribution in [1.29, 1.82) is 0 Å². The fourth-order valence-electron chi connectivity index (χ4n) is 1.02. The molecule has 0 amide bonds. The molecule has 3 nitrogen and oxygen atoms in total. The topological polar surface area (TPSA) is 30.7 Å². The van der Waals surface area contributed by atoms with E-state index < -0.39 is 0 Å². The summed E-state index contributed by atoms with van der Waals surface area (Å²) < 4.78 is 3.64. The van der Waals surface area contributed by atoms with E-state index in [2.05, 4.69) is 55.5 Å². The molecule has 0 radical (unpaired) electrons. The Morgan fingerprint density at radius 1 is 1.29 bits per heavy atom. The zero-order valence-corrected chi connectivity index (χ0v) is 11.9. The highest BCUT2D eigenvalue weighted by molar-refractivity contribution is 14.1. The third-order valence-corrected chi connectivity index (χ3v) is 4.59. The highest BCUT2D eigenvalue weighted by atomic mass is 127. The zero-order valence-electron chi connectivity index (χ0n) is 6.78. The zero-order chi connectivity index (χ0) is 10.1. The lowest BCUT2D eigenvalue weighted by Gasteiger charge is -2.01. The number of nitrogens with zero attached hydrogens (tertiary/aromatic N) is 3. The van der Waals surface area contributed by atoms with E-state index in [0.717, 1.165) is 13.1 Å². The molecule has 0 atom stereocenters. The molecule has 72 valence electrons. The highest BCUT2D eigenvalue weighted by Crippen LogP contribution is 2.18. The molecule has 0 aliphatic carbocycles. The molecule has 0 aliphatic rings. The normalized spacial score (nSPS) is 10.5. The van der Waals surface area contributed by atoms with Crippen LogP contribution in [-0.2, 0) is 0 Å². The average Bonchev–Trinajstić information content (AvgIpc) is 2.48. The van der Waals surface area contributed by atoms with Crippen molar-refractivity contribution in [2.45, 2.75) is 0 Å². The highest BCUT2D eigenvalue weighted by Gasteiger charge is 2.08. The van der Waals surface area contributed by atoms with Crippen molar-refractivity contribution in [3.63, 3.8) is 0 Å². The summed E-state index contributed by atoms with van der Waals surface area (Å²) in [6.07, 6.45) is 0. The Morgan fingerprint density at radius 2 is 2.07 bits per heavy atom. The predicted octanol–water partition coefficient (Wildman–Crippen LogP) is 3.13. The Morgan fingerprint density at radius 3 is 2.64 bits per heavy atom. The summed E-state index contributed by atoms with van der Waals surface area (Å²) in [7, 11) is 0. The quantitative estimate of drug-likeness (QED) is 0.650. The van der Waals surface area contributed by atoms with Crippen LogP contribution in [0, 0.1) is 7.40 Å². The molecule has 2 rings (SSSR count). The molecular weight excluding hydrogens is 427 g/mol. The molecule has 1 aromatic heterocycles. The van der Waals surface area contributed by atoms with Gasteiger partial charge in [-0.05, 0) is 63.4 Å². The van der Waals surface area contributed by atoms with Crippen molar-refractivity contribution in [2.24, 2.45) is 0 Å². The second-order valence-electron chi connectivity index (χ2n) is 2.56. The minimum Gasteiger partial charge on any atom is -0.206 e. The number of rotatable bonds is 1. The molecule has 0 fully saturated rings. The van der Waals surface area contributed by atoms with Gasteiger partial charge < -0.3 is 0 Å². The fourth-order valence-corrected chi connectivity index (χ4v) is 2.02. The number of hydrogen-bond acceptors (Lipinski definition) is 2. The van der Waals surface area contributed by atoms with Crippen LogP contribution in [0.25, 0.3) is 5.69 Å². The maximum absolute atomic E-state index is 5.89. The predicted molar refractivity (Wildman–Crippen MR) is 71.8 cm³/mol. The Labute approximate surface area is 113 Å². The lowest BCUT2D eigenvalue weighted by Crippen LogP contribution is -1.98. The van der Waals surface area contributed by atoms with Crippen LogP contribution in [0.4, 0.5) is 0 Å². The second kappa shape index (κ2) is 4.31. The Bertz CT molecular complexity index is 469. The molecule has 0 saturated carbocycles. The van der Waals surface area contributed by atoms with Gasteiger partial charge in [0, 0.05) is 5.02 Å². The summed E-state index contributed by atoms with van der Waals surface area (Å²) in [5.41, 5.74) is 0.928. The van der Waals surface area contributed by atoms with Crippen molar-refractivity contribution < 1.29 is 0 Å². The Balaban J connectivity index is 2.55. The first-order valence-electron chi connectivity index (χ1n) is 3.71. The standard InChI is InChI=1S/C8H4ClI2N3/c9-5-2-1-3-6(4-5)14-8(11)7(10)12-13-14/h1-4H. The van der Waals surface area contributed by atoms with Gasteiger partial charge in [-0.3, -0.25) is 0 Å². The minimum absolute atomic E-state index is 0.698. The smallest absolute Gasteiger partial charge is 0.157 e. The van der Waals surface area contributed by atoms with Crippen LogP contribution in [0.15, 0.2) is 24.3 Å². The van der Waals surface area contributed by atoms with Gasteiger partial charge in [0.2, 0.25) is 0 Å². The molecular formula is C8H4ClI2N3. The summed E-state index contributed by atoms with van der Waals surface area (Å²) in [5.74, 6) is 0. The van der Waals surface area contributed by atoms with E-state index in [1.807, 2.05) is 24.3 Å². The van der Waals surface area contributed by atoms with Gasteiger partial charge >= 0.3 is 0 Å². The Hall–Kier alpha value is 0.110. The average molecular weight is 431 g/mol. The SMILES string of the molecule is Clc1cccc(-n2nnc(I)c2I)c1. The van der Waals surface area contributed by atoms with E-state index in [1.54, 1.807) is 4.68 Å². The van der Waals surface area contributed by atoms with E-state index in [4.69, 9.17) is 11.6 Å². The van der Waals surface area contributed by atoms with E-state index in [-0.39, 0.29) is 0 Å². The van der Waals surface area contributed by atoms with Crippen molar-refractivity contribution >= 4 is 56.8 Å². The molecule has 0 N–H and O–H groups in total. The molecule has 0 aliphatic heterocycles. The molecule has 2 aromatic rings. The van der Waals surface area contributed by atoms with Crippen LogP contribution >= 0.6 is 56.8 Å². The first-order chi connectivity index (χ1) is 6.68. The van der Waals surface area contributed by atoms with Gasteiger partial charge in [-0.2, -0.15) is 0 Å². The third kappa shape index (κ3) is 2.03. The molecule has 1 aromatic carbocycles. The van der Waals surface area contributed by atoms with Gasteiger partial charge in [-0.25, -0.2) is 4.68 Å². The number of aromatic nitrogens is 3. The van der Waals surface area contributed by atoms with Gasteiger partial charge in [0.1, 0.15) is 3.70 Å². The summed E-state index contributed by atoms with van der Waals surface area (Å²) in [4.78, 5) is 0. The minimum atomic E-state index is 0.698. The number of halogens is 3. The number of hydrogen-bond donors (Lipinski definition) is 0. The van der Waals surface area contributed by atoms with Crippen molar-refractivity contribution in [2.75, 3.05) is 0 Å². The van der Waals surface area contributed by atoms with Gasteiger partial charge in [0.25, 0.3) is 0 Å². The van der Waals surface area contributed by atoms with Crippen LogP contribution in [0.1, 0.15) is 0 Å². The van der Waals surface area contributed by atoms with Crippen LogP contribution < -0.4 is 0 Å². The second-order valence-corrected chi connectivity index (χ2v) is 5.04. The molecule has 0 saturated heterocycles. The molecule has 0 unspecified atom stereocenters. The third-order valence-electron chi connectivity index (χ3n) is 1.63. The van der Waals surface area contributed by atoms with E-state index in [9.17, 15) is 0 Å². The van der Waals surface area contributed by atoms with Gasteiger partial charge in [-0.15, -0.1) is 5.10 Å². The molecule has 0 bridgehead atoms. The van der Waals surface area contributed by atoms with Gasteiger partial charge in [0.05, 0.1) is 5.69 Å². The largest absolute Gasteiger partial charge is 0.206 e. The van der Waals surface area contributed by atoms with Crippen LogP contribution in [-0.4, -0.2) is 15.0 Å². The summed E-state index contributed by atoms with van der Waals surface area (Å²) in [6.45, 7) is 0. The van der Waals surface area contributed by atoms with Crippen LogP contribution in [0.2, 0.25) is 5.02 Å². The van der Waals surface area contributed by atoms with E-state index >= 15 is 0 Å². The monoisotopic (exact) mass is 431 g/mol. The van der Waals surface area contributed by atoms with Crippen molar-refractivity contribution in [1.82, 2.24) is 15.0 Å². The van der Waals surface area contributed by atoms with Crippen LogP contribution in [0.5, 0.6) is 0 Å². The molecule has 0 spiro atoms. The summed E-state index contributed by atoms with van der Waals surface area (Å²) in [5, 5.41) is 8.69. The fraction of sp³-hybridized carbons (Fsp3) is 0. The molecule has 1 heterocycles. The number of benzene rings is 1.